The Morgan fingerprint density at radius 1 is 1.41 bits per heavy atom. The van der Waals surface area contributed by atoms with E-state index in [9.17, 15) is 4.79 Å². The number of ether oxygens (including phenoxy) is 1. The van der Waals surface area contributed by atoms with Crippen molar-refractivity contribution in [1.82, 2.24) is 24.9 Å². The van der Waals surface area contributed by atoms with Crippen LogP contribution in [-0.2, 0) is 24.2 Å². The lowest BCUT2D eigenvalue weighted by atomic mass is 10.0. The van der Waals surface area contributed by atoms with Gasteiger partial charge in [0.1, 0.15) is 0 Å². The van der Waals surface area contributed by atoms with Crippen LogP contribution in [0.1, 0.15) is 40.2 Å². The van der Waals surface area contributed by atoms with Crippen LogP contribution in [0.4, 0.5) is 0 Å². The summed E-state index contributed by atoms with van der Waals surface area (Å²) in [5.74, 6) is -0.0544. The number of para-hydroxylation sites is 1. The van der Waals surface area contributed by atoms with Crippen molar-refractivity contribution in [1.29, 1.82) is 0 Å². The molecule has 2 aliphatic rings. The fourth-order valence-electron chi connectivity index (χ4n) is 4.20. The molecule has 5 rings (SSSR count). The maximum absolute atomic E-state index is 13.0. The van der Waals surface area contributed by atoms with Crippen molar-refractivity contribution in [3.05, 3.63) is 46.9 Å². The zero-order valence-corrected chi connectivity index (χ0v) is 15.4. The number of carbonyl (C=O) groups is 1. The van der Waals surface area contributed by atoms with Crippen molar-refractivity contribution in [3.8, 4) is 0 Å². The van der Waals surface area contributed by atoms with Crippen LogP contribution in [0, 0.1) is 6.92 Å². The van der Waals surface area contributed by atoms with Crippen LogP contribution in [0.3, 0.4) is 0 Å². The molecule has 2 aromatic heterocycles. The molecule has 4 heterocycles. The molecule has 1 fully saturated rings. The van der Waals surface area contributed by atoms with E-state index >= 15 is 0 Å². The number of nitrogens with one attached hydrogen (secondary N) is 1. The van der Waals surface area contributed by atoms with Gasteiger partial charge in [-0.1, -0.05) is 23.4 Å². The molecule has 140 valence electrons. The third-order valence-corrected chi connectivity index (χ3v) is 5.68. The summed E-state index contributed by atoms with van der Waals surface area (Å²) in [5, 5.41) is 9.45. The van der Waals surface area contributed by atoms with Crippen molar-refractivity contribution in [2.45, 2.75) is 45.4 Å². The molecule has 1 saturated heterocycles. The minimum atomic E-state index is -0.0544. The summed E-state index contributed by atoms with van der Waals surface area (Å²) in [5.41, 5.74) is 5.29. The van der Waals surface area contributed by atoms with Crippen molar-refractivity contribution < 1.29 is 9.53 Å². The summed E-state index contributed by atoms with van der Waals surface area (Å²) >= 11 is 0. The molecule has 1 amide bonds. The average Bonchev–Trinajstić information content (AvgIpc) is 3.41. The Labute approximate surface area is 157 Å². The number of rotatable bonds is 3. The van der Waals surface area contributed by atoms with E-state index in [2.05, 4.69) is 40.4 Å². The first-order valence-electron chi connectivity index (χ1n) is 9.59. The van der Waals surface area contributed by atoms with Crippen LogP contribution in [0.15, 0.2) is 24.4 Å². The SMILES string of the molecule is Cc1cccc2c3c([nH]c12)CCN(C(=O)c1cn(CC2CCCO2)nn1)C3. The van der Waals surface area contributed by atoms with E-state index < -0.39 is 0 Å². The molecule has 27 heavy (non-hydrogen) atoms. The van der Waals surface area contributed by atoms with Gasteiger partial charge in [0.05, 0.1) is 18.8 Å². The first-order valence-corrected chi connectivity index (χ1v) is 9.59. The summed E-state index contributed by atoms with van der Waals surface area (Å²) in [7, 11) is 0. The Hall–Kier alpha value is -2.67. The normalized spacial score (nSPS) is 19.6. The lowest BCUT2D eigenvalue weighted by Crippen LogP contribution is -2.36. The highest BCUT2D eigenvalue weighted by Crippen LogP contribution is 2.29. The zero-order chi connectivity index (χ0) is 18.4. The third kappa shape index (κ3) is 2.92. The summed E-state index contributed by atoms with van der Waals surface area (Å²) in [6.07, 6.45) is 4.89. The Morgan fingerprint density at radius 2 is 2.33 bits per heavy atom. The molecule has 0 spiro atoms. The number of amides is 1. The fraction of sp³-hybridized carbons (Fsp3) is 0.450. The van der Waals surface area contributed by atoms with Crippen molar-refractivity contribution >= 4 is 16.8 Å². The number of fused-ring (bicyclic) bond motifs is 3. The van der Waals surface area contributed by atoms with Gasteiger partial charge >= 0.3 is 0 Å². The molecule has 1 N–H and O–H groups in total. The number of benzene rings is 1. The molecule has 0 saturated carbocycles. The quantitative estimate of drug-likeness (QED) is 0.773. The van der Waals surface area contributed by atoms with Gasteiger partial charge in [-0.15, -0.1) is 5.10 Å². The van der Waals surface area contributed by atoms with Gasteiger partial charge in [-0.05, 0) is 25.3 Å². The molecule has 7 heteroatoms. The number of carbonyl (C=O) groups excluding carboxylic acids is 1. The molecule has 1 unspecified atom stereocenters. The fourth-order valence-corrected chi connectivity index (χ4v) is 4.20. The number of aromatic nitrogens is 4. The molecular weight excluding hydrogens is 342 g/mol. The number of hydrogen-bond acceptors (Lipinski definition) is 4. The molecule has 3 aromatic rings. The largest absolute Gasteiger partial charge is 0.376 e. The van der Waals surface area contributed by atoms with Crippen LogP contribution in [0.25, 0.3) is 10.9 Å². The smallest absolute Gasteiger partial charge is 0.276 e. The Morgan fingerprint density at radius 3 is 3.19 bits per heavy atom. The molecule has 7 nitrogen and oxygen atoms in total. The minimum Gasteiger partial charge on any atom is -0.376 e. The molecule has 2 aliphatic heterocycles. The summed E-state index contributed by atoms with van der Waals surface area (Å²) in [4.78, 5) is 18.4. The van der Waals surface area contributed by atoms with Gasteiger partial charge in [0.15, 0.2) is 5.69 Å². The van der Waals surface area contributed by atoms with E-state index in [1.54, 1.807) is 10.9 Å². The van der Waals surface area contributed by atoms with Gasteiger partial charge in [0, 0.05) is 48.3 Å². The van der Waals surface area contributed by atoms with E-state index in [-0.39, 0.29) is 12.0 Å². The lowest BCUT2D eigenvalue weighted by Gasteiger charge is -2.26. The maximum Gasteiger partial charge on any atom is 0.276 e. The van der Waals surface area contributed by atoms with Gasteiger partial charge < -0.3 is 14.6 Å². The van der Waals surface area contributed by atoms with E-state index in [0.717, 1.165) is 25.9 Å². The summed E-state index contributed by atoms with van der Waals surface area (Å²) in [6, 6.07) is 6.31. The standard InChI is InChI=1S/C20H23N5O2/c1-13-4-2-6-15-16-11-24(8-7-17(16)21-19(13)15)20(26)18-12-25(23-22-18)10-14-5-3-9-27-14/h2,4,6,12,14,21H,3,5,7-11H2,1H3. The highest BCUT2D eigenvalue weighted by molar-refractivity contribution is 5.93. The van der Waals surface area contributed by atoms with Crippen LogP contribution in [0.5, 0.6) is 0 Å². The Kier molecular flexibility index (Phi) is 3.97. The second-order valence-electron chi connectivity index (χ2n) is 7.52. The van der Waals surface area contributed by atoms with Crippen LogP contribution >= 0.6 is 0 Å². The highest BCUT2D eigenvalue weighted by Gasteiger charge is 2.27. The molecule has 0 radical (unpaired) electrons. The Balaban J connectivity index is 1.35. The number of aromatic amines is 1. The minimum absolute atomic E-state index is 0.0544. The van der Waals surface area contributed by atoms with Crippen molar-refractivity contribution in [2.75, 3.05) is 13.2 Å². The van der Waals surface area contributed by atoms with E-state index in [1.165, 1.54) is 27.7 Å². The summed E-state index contributed by atoms with van der Waals surface area (Å²) < 4.78 is 7.37. The third-order valence-electron chi connectivity index (χ3n) is 5.68. The van der Waals surface area contributed by atoms with Crippen LogP contribution in [0.2, 0.25) is 0 Å². The number of aryl methyl sites for hydroxylation is 1. The molecular formula is C20H23N5O2. The first kappa shape index (κ1) is 16.5. The topological polar surface area (TPSA) is 76.0 Å². The van der Waals surface area contributed by atoms with Crippen LogP contribution < -0.4 is 0 Å². The predicted octanol–water partition coefficient (Wildman–Crippen LogP) is 2.45. The van der Waals surface area contributed by atoms with E-state index in [0.29, 0.717) is 25.3 Å². The molecule has 0 aliphatic carbocycles. The monoisotopic (exact) mass is 365 g/mol. The van der Waals surface area contributed by atoms with Gasteiger partial charge in [-0.2, -0.15) is 0 Å². The van der Waals surface area contributed by atoms with Crippen LogP contribution in [-0.4, -0.2) is 50.0 Å². The van der Waals surface area contributed by atoms with Gasteiger partial charge in [-0.3, -0.25) is 4.79 Å². The highest BCUT2D eigenvalue weighted by atomic mass is 16.5. The van der Waals surface area contributed by atoms with Crippen molar-refractivity contribution in [2.24, 2.45) is 0 Å². The average molecular weight is 365 g/mol. The van der Waals surface area contributed by atoms with Gasteiger partial charge in [0.25, 0.3) is 5.91 Å². The summed E-state index contributed by atoms with van der Waals surface area (Å²) in [6.45, 7) is 4.88. The molecule has 1 atom stereocenters. The zero-order valence-electron chi connectivity index (χ0n) is 15.4. The maximum atomic E-state index is 13.0. The van der Waals surface area contributed by atoms with Gasteiger partial charge in [-0.25, -0.2) is 4.68 Å². The number of nitrogens with zero attached hydrogens (tertiary/aromatic N) is 4. The van der Waals surface area contributed by atoms with Crippen molar-refractivity contribution in [3.63, 3.8) is 0 Å². The van der Waals surface area contributed by atoms with Gasteiger partial charge in [0.2, 0.25) is 0 Å². The lowest BCUT2D eigenvalue weighted by molar-refractivity contribution is 0.0728. The first-order chi connectivity index (χ1) is 13.2. The number of H-pyrrole nitrogens is 1. The van der Waals surface area contributed by atoms with E-state index in [4.69, 9.17) is 4.74 Å². The predicted molar refractivity (Wildman–Crippen MR) is 100 cm³/mol. The Bertz CT molecular complexity index is 999. The second-order valence-corrected chi connectivity index (χ2v) is 7.52. The second kappa shape index (κ2) is 6.49. The van der Waals surface area contributed by atoms with E-state index in [1.807, 2.05) is 4.90 Å². The molecule has 0 bridgehead atoms. The number of hydrogen-bond donors (Lipinski definition) is 1. The molecule has 1 aromatic carbocycles.